The van der Waals surface area contributed by atoms with Crippen molar-refractivity contribution in [1.29, 1.82) is 0 Å². The normalized spacial score (nSPS) is 14.4. The number of nitrogens with two attached hydrogens (primary N) is 1. The Kier molecular flexibility index (Phi) is 3.88. The smallest absolute Gasteiger partial charge is 0.152 e. The lowest BCUT2D eigenvalue weighted by molar-refractivity contribution is 0.421. The molecule has 0 aromatic heterocycles. The Morgan fingerprint density at radius 2 is 2.20 bits per heavy atom. The molecule has 3 heteroatoms. The molecule has 0 unspecified atom stereocenters. The summed E-state index contributed by atoms with van der Waals surface area (Å²) in [5, 5.41) is 9.15. The summed E-state index contributed by atoms with van der Waals surface area (Å²) in [6.07, 6.45) is 3.09. The van der Waals surface area contributed by atoms with E-state index in [1.807, 2.05) is 0 Å². The topological polar surface area (TPSA) is 46.2 Å². The van der Waals surface area contributed by atoms with Crippen molar-refractivity contribution in [2.24, 2.45) is 5.73 Å². The first-order chi connectivity index (χ1) is 4.63. The predicted octanol–water partition coefficient (Wildman–Crippen LogP) is 2.20. The Balaban J connectivity index is 4.63. The van der Waals surface area contributed by atoms with Gasteiger partial charge in [-0.1, -0.05) is 18.7 Å². The molecule has 0 saturated carbocycles. The highest BCUT2D eigenvalue weighted by molar-refractivity contribution is 9.11. The van der Waals surface area contributed by atoms with Gasteiger partial charge in [0.1, 0.15) is 0 Å². The van der Waals surface area contributed by atoms with E-state index in [4.69, 9.17) is 10.8 Å². The second kappa shape index (κ2) is 4.17. The molecule has 0 saturated heterocycles. The molecule has 2 nitrogen and oxygen atoms in total. The summed E-state index contributed by atoms with van der Waals surface area (Å²) in [4.78, 5) is 0. The molecule has 0 atom stereocenters. The van der Waals surface area contributed by atoms with Gasteiger partial charge in [0.15, 0.2) is 5.76 Å². The van der Waals surface area contributed by atoms with Crippen LogP contribution in [0.5, 0.6) is 0 Å². The van der Waals surface area contributed by atoms with Crippen molar-refractivity contribution in [3.8, 4) is 0 Å². The van der Waals surface area contributed by atoms with E-state index in [0.717, 1.165) is 0 Å². The highest BCUT2D eigenvalue weighted by atomic mass is 79.9. The average molecular weight is 204 g/mol. The lowest BCUT2D eigenvalue weighted by Gasteiger charge is -1.99. The Morgan fingerprint density at radius 1 is 1.70 bits per heavy atom. The van der Waals surface area contributed by atoms with E-state index in [2.05, 4.69) is 22.5 Å². The Labute approximate surface area is 68.9 Å². The van der Waals surface area contributed by atoms with Crippen LogP contribution in [0.4, 0.5) is 0 Å². The molecule has 56 valence electrons. The highest BCUT2D eigenvalue weighted by Gasteiger charge is 1.99. The summed E-state index contributed by atoms with van der Waals surface area (Å²) in [6.45, 7) is 5.20. The summed E-state index contributed by atoms with van der Waals surface area (Å²) in [7, 11) is 0. The van der Waals surface area contributed by atoms with E-state index in [1.165, 1.54) is 6.08 Å². The molecule has 0 spiro atoms. The van der Waals surface area contributed by atoms with Gasteiger partial charge in [0.2, 0.25) is 0 Å². The van der Waals surface area contributed by atoms with Crippen LogP contribution >= 0.6 is 15.9 Å². The van der Waals surface area contributed by atoms with Crippen molar-refractivity contribution in [2.45, 2.75) is 6.92 Å². The number of halogens is 1. The molecule has 0 radical (unpaired) electrons. The molecule has 0 aromatic rings. The van der Waals surface area contributed by atoms with Crippen LogP contribution in [0.3, 0.4) is 0 Å². The van der Waals surface area contributed by atoms with Crippen molar-refractivity contribution < 1.29 is 5.11 Å². The number of allylic oxidation sites excluding steroid dienone is 3. The molecular weight excluding hydrogens is 194 g/mol. The van der Waals surface area contributed by atoms with E-state index in [-0.39, 0.29) is 5.76 Å². The summed E-state index contributed by atoms with van der Waals surface area (Å²) in [5.41, 5.74) is 5.71. The molecule has 0 amide bonds. The van der Waals surface area contributed by atoms with Crippen LogP contribution in [0.15, 0.2) is 34.7 Å². The third-order valence-electron chi connectivity index (χ3n) is 0.990. The number of aliphatic hydroxyl groups excluding tert-OH is 1. The first kappa shape index (κ1) is 9.30. The largest absolute Gasteiger partial charge is 0.505 e. The number of aliphatic hydroxyl groups is 1. The zero-order valence-corrected chi connectivity index (χ0v) is 7.35. The third kappa shape index (κ3) is 2.27. The first-order valence-corrected chi connectivity index (χ1v) is 3.56. The quantitative estimate of drug-likeness (QED) is 0.535. The minimum atomic E-state index is 0.0255. The van der Waals surface area contributed by atoms with Gasteiger partial charge in [-0.05, 0) is 22.9 Å². The first-order valence-electron chi connectivity index (χ1n) is 2.76. The minimum Gasteiger partial charge on any atom is -0.505 e. The second-order valence-electron chi connectivity index (χ2n) is 1.64. The van der Waals surface area contributed by atoms with Gasteiger partial charge in [-0.25, -0.2) is 0 Å². The molecule has 0 aliphatic rings. The molecule has 10 heavy (non-hydrogen) atoms. The second-order valence-corrected chi connectivity index (χ2v) is 2.50. The average Bonchev–Trinajstić information content (AvgIpc) is 2.00. The molecule has 0 aliphatic heterocycles. The standard InChI is InChI=1S/C7H10BrNO/c1-3-5(8)7(10)6(9)4-2/h3-4,10H,1,9H2,2H3/b6-4+,7-5-. The van der Waals surface area contributed by atoms with Crippen molar-refractivity contribution in [2.75, 3.05) is 0 Å². The van der Waals surface area contributed by atoms with Crippen LogP contribution in [-0.2, 0) is 0 Å². The monoisotopic (exact) mass is 203 g/mol. The zero-order chi connectivity index (χ0) is 8.15. The maximum absolute atomic E-state index is 9.15. The van der Waals surface area contributed by atoms with Crippen molar-refractivity contribution in [1.82, 2.24) is 0 Å². The lowest BCUT2D eigenvalue weighted by atomic mass is 10.3. The Morgan fingerprint density at radius 3 is 2.50 bits per heavy atom. The summed E-state index contributed by atoms with van der Waals surface area (Å²) in [6, 6.07) is 0. The van der Waals surface area contributed by atoms with Gasteiger partial charge >= 0.3 is 0 Å². The maximum atomic E-state index is 9.15. The van der Waals surface area contributed by atoms with Gasteiger partial charge in [-0.3, -0.25) is 0 Å². The fourth-order valence-electron chi connectivity index (χ4n) is 0.371. The summed E-state index contributed by atoms with van der Waals surface area (Å²) >= 11 is 3.07. The number of rotatable bonds is 2. The molecule has 0 heterocycles. The molecule has 0 rings (SSSR count). The van der Waals surface area contributed by atoms with Gasteiger partial charge in [0.25, 0.3) is 0 Å². The fourth-order valence-corrected chi connectivity index (χ4v) is 0.600. The highest BCUT2D eigenvalue weighted by Crippen LogP contribution is 2.14. The maximum Gasteiger partial charge on any atom is 0.152 e. The summed E-state index contributed by atoms with van der Waals surface area (Å²) < 4.78 is 0.503. The van der Waals surface area contributed by atoms with Crippen LogP contribution in [0, 0.1) is 0 Å². The van der Waals surface area contributed by atoms with E-state index >= 15 is 0 Å². The van der Waals surface area contributed by atoms with E-state index < -0.39 is 0 Å². The molecule has 0 bridgehead atoms. The van der Waals surface area contributed by atoms with Crippen molar-refractivity contribution in [3.05, 3.63) is 34.7 Å². The van der Waals surface area contributed by atoms with Gasteiger partial charge in [-0.15, -0.1) is 0 Å². The minimum absolute atomic E-state index is 0.0255. The number of hydrogen-bond acceptors (Lipinski definition) is 2. The molecule has 0 aromatic carbocycles. The zero-order valence-electron chi connectivity index (χ0n) is 5.76. The van der Waals surface area contributed by atoms with E-state index in [9.17, 15) is 0 Å². The molecule has 0 fully saturated rings. The van der Waals surface area contributed by atoms with Crippen LogP contribution in [0.25, 0.3) is 0 Å². The molecular formula is C7H10BrNO. The molecule has 3 N–H and O–H groups in total. The summed E-state index contributed by atoms with van der Waals surface area (Å²) in [5.74, 6) is 0.0255. The van der Waals surface area contributed by atoms with E-state index in [1.54, 1.807) is 13.0 Å². The fraction of sp³-hybridized carbons (Fsp3) is 0.143. The Bertz CT molecular complexity index is 194. The van der Waals surface area contributed by atoms with Crippen molar-refractivity contribution >= 4 is 15.9 Å². The van der Waals surface area contributed by atoms with E-state index in [0.29, 0.717) is 10.2 Å². The molecule has 0 aliphatic carbocycles. The number of hydrogen-bond donors (Lipinski definition) is 2. The Hall–Kier alpha value is -0.700. The SMILES string of the molecule is C=C/C(Br)=C(O)\C(N)=C/C. The lowest BCUT2D eigenvalue weighted by Crippen LogP contribution is -2.00. The van der Waals surface area contributed by atoms with Crippen LogP contribution in [0.1, 0.15) is 6.92 Å². The van der Waals surface area contributed by atoms with Gasteiger partial charge < -0.3 is 10.8 Å². The van der Waals surface area contributed by atoms with Gasteiger partial charge in [0.05, 0.1) is 10.2 Å². The van der Waals surface area contributed by atoms with Crippen LogP contribution in [-0.4, -0.2) is 5.11 Å². The van der Waals surface area contributed by atoms with Crippen LogP contribution in [0.2, 0.25) is 0 Å². The predicted molar refractivity (Wildman–Crippen MR) is 46.7 cm³/mol. The van der Waals surface area contributed by atoms with Gasteiger partial charge in [-0.2, -0.15) is 0 Å². The van der Waals surface area contributed by atoms with Gasteiger partial charge in [0, 0.05) is 0 Å². The van der Waals surface area contributed by atoms with Crippen LogP contribution < -0.4 is 5.73 Å². The third-order valence-corrected chi connectivity index (χ3v) is 1.69. The van der Waals surface area contributed by atoms with Crippen molar-refractivity contribution in [3.63, 3.8) is 0 Å².